The third-order valence-corrected chi connectivity index (χ3v) is 2.47. The van der Waals surface area contributed by atoms with Crippen molar-refractivity contribution >= 4 is 34.5 Å². The minimum absolute atomic E-state index is 0.400. The lowest BCUT2D eigenvalue weighted by Crippen LogP contribution is -1.90. The van der Waals surface area contributed by atoms with E-state index in [1.165, 1.54) is 0 Å². The number of hydrogen-bond donors (Lipinski definition) is 0. The highest BCUT2D eigenvalue weighted by molar-refractivity contribution is 6.50. The van der Waals surface area contributed by atoms with Gasteiger partial charge in [0.2, 0.25) is 0 Å². The van der Waals surface area contributed by atoms with Crippen molar-refractivity contribution in [2.24, 2.45) is 0 Å². The summed E-state index contributed by atoms with van der Waals surface area (Å²) in [5, 5.41) is 0.487. The Morgan fingerprint density at radius 3 is 2.43 bits per heavy atom. The molecule has 3 heteroatoms. The van der Waals surface area contributed by atoms with Crippen LogP contribution in [0.1, 0.15) is 12.0 Å². The van der Waals surface area contributed by atoms with Crippen LogP contribution >= 0.6 is 23.2 Å². The van der Waals surface area contributed by atoms with Gasteiger partial charge in [0.15, 0.2) is 0 Å². The molecule has 0 aliphatic heterocycles. The van der Waals surface area contributed by atoms with Gasteiger partial charge >= 0.3 is 0 Å². The molecule has 0 aliphatic carbocycles. The average Bonchev–Trinajstić information content (AvgIpc) is 2.26. The zero-order valence-electron chi connectivity index (χ0n) is 7.54. The number of allylic oxidation sites excluding steroid dienone is 1. The molecule has 0 spiro atoms. The SMILES string of the molecule is O=C/C(CCCl)=C(/Cl)c1ccccc1. The van der Waals surface area contributed by atoms with Gasteiger partial charge in [-0.1, -0.05) is 41.9 Å². The number of halogens is 2. The number of carbonyl (C=O) groups excluding carboxylic acids is 1. The molecule has 74 valence electrons. The molecule has 0 N–H and O–H groups in total. The van der Waals surface area contributed by atoms with E-state index >= 15 is 0 Å². The smallest absolute Gasteiger partial charge is 0.147 e. The highest BCUT2D eigenvalue weighted by atomic mass is 35.5. The molecule has 0 heterocycles. The lowest BCUT2D eigenvalue weighted by atomic mass is 10.1. The largest absolute Gasteiger partial charge is 0.298 e. The molecule has 0 bridgehead atoms. The third kappa shape index (κ3) is 2.86. The van der Waals surface area contributed by atoms with Crippen LogP contribution in [-0.2, 0) is 4.79 Å². The fourth-order valence-corrected chi connectivity index (χ4v) is 1.56. The van der Waals surface area contributed by atoms with Gasteiger partial charge in [-0.05, 0) is 12.0 Å². The fourth-order valence-electron chi connectivity index (χ4n) is 1.09. The Morgan fingerprint density at radius 1 is 1.29 bits per heavy atom. The maximum absolute atomic E-state index is 10.7. The van der Waals surface area contributed by atoms with Gasteiger partial charge in [-0.15, -0.1) is 11.6 Å². The monoisotopic (exact) mass is 228 g/mol. The third-order valence-electron chi connectivity index (χ3n) is 1.82. The molecule has 0 unspecified atom stereocenters. The van der Waals surface area contributed by atoms with Gasteiger partial charge in [0.25, 0.3) is 0 Å². The van der Waals surface area contributed by atoms with Gasteiger partial charge in [-0.2, -0.15) is 0 Å². The van der Waals surface area contributed by atoms with E-state index in [0.717, 1.165) is 11.8 Å². The Bertz CT molecular complexity index is 330. The summed E-state index contributed by atoms with van der Waals surface area (Å²) in [4.78, 5) is 10.7. The lowest BCUT2D eigenvalue weighted by Gasteiger charge is -2.02. The molecule has 0 radical (unpaired) electrons. The highest BCUT2D eigenvalue weighted by Gasteiger charge is 2.05. The van der Waals surface area contributed by atoms with E-state index in [1.807, 2.05) is 30.3 Å². The zero-order chi connectivity index (χ0) is 10.4. The lowest BCUT2D eigenvalue weighted by molar-refractivity contribution is -0.104. The van der Waals surface area contributed by atoms with Crippen molar-refractivity contribution in [2.45, 2.75) is 6.42 Å². The summed E-state index contributed by atoms with van der Waals surface area (Å²) in [7, 11) is 0. The summed E-state index contributed by atoms with van der Waals surface area (Å²) < 4.78 is 0. The van der Waals surface area contributed by atoms with Crippen molar-refractivity contribution in [1.29, 1.82) is 0 Å². The summed E-state index contributed by atoms with van der Waals surface area (Å²) in [5.74, 6) is 0.400. The Labute approximate surface area is 93.3 Å². The van der Waals surface area contributed by atoms with E-state index in [0.29, 0.717) is 22.9 Å². The maximum Gasteiger partial charge on any atom is 0.147 e. The van der Waals surface area contributed by atoms with E-state index in [2.05, 4.69) is 0 Å². The van der Waals surface area contributed by atoms with E-state index in [4.69, 9.17) is 23.2 Å². The topological polar surface area (TPSA) is 17.1 Å². The summed E-state index contributed by atoms with van der Waals surface area (Å²) in [5.41, 5.74) is 1.40. The van der Waals surface area contributed by atoms with Gasteiger partial charge in [0, 0.05) is 11.5 Å². The number of hydrogen-bond acceptors (Lipinski definition) is 1. The van der Waals surface area contributed by atoms with E-state index < -0.39 is 0 Å². The first-order valence-electron chi connectivity index (χ1n) is 4.24. The summed E-state index contributed by atoms with van der Waals surface area (Å²) in [6.45, 7) is 0. The van der Waals surface area contributed by atoms with Crippen molar-refractivity contribution in [1.82, 2.24) is 0 Å². The van der Waals surface area contributed by atoms with Crippen LogP contribution in [0.2, 0.25) is 0 Å². The minimum Gasteiger partial charge on any atom is -0.298 e. The predicted molar refractivity (Wildman–Crippen MR) is 60.6 cm³/mol. The summed E-state index contributed by atoms with van der Waals surface area (Å²) in [6.07, 6.45) is 1.26. The second kappa shape index (κ2) is 5.84. The average molecular weight is 229 g/mol. The van der Waals surface area contributed by atoms with Crippen LogP contribution in [0.25, 0.3) is 5.03 Å². The Balaban J connectivity index is 3.01. The van der Waals surface area contributed by atoms with Crippen LogP contribution in [0.4, 0.5) is 0 Å². The molecule has 0 fully saturated rings. The number of rotatable bonds is 4. The number of aldehydes is 1. The molecule has 0 aliphatic rings. The van der Waals surface area contributed by atoms with E-state index in [1.54, 1.807) is 0 Å². The Morgan fingerprint density at radius 2 is 1.93 bits per heavy atom. The number of benzene rings is 1. The van der Waals surface area contributed by atoms with Gasteiger partial charge in [0.05, 0.1) is 5.03 Å². The minimum atomic E-state index is 0.400. The molecule has 0 saturated heterocycles. The molecule has 1 rings (SSSR count). The molecule has 1 nitrogen and oxygen atoms in total. The summed E-state index contributed by atoms with van der Waals surface area (Å²) >= 11 is 11.6. The van der Waals surface area contributed by atoms with Crippen LogP contribution in [0.5, 0.6) is 0 Å². The van der Waals surface area contributed by atoms with Crippen LogP contribution in [0.15, 0.2) is 35.9 Å². The van der Waals surface area contributed by atoms with Crippen molar-refractivity contribution in [3.05, 3.63) is 41.5 Å². The standard InChI is InChI=1S/C11H10Cl2O/c12-7-6-10(8-14)11(13)9-4-2-1-3-5-9/h1-5,8H,6-7H2/b11-10+. The van der Waals surface area contributed by atoms with Crippen molar-refractivity contribution in [3.8, 4) is 0 Å². The number of alkyl halides is 1. The summed E-state index contributed by atoms with van der Waals surface area (Å²) in [6, 6.07) is 9.37. The fraction of sp³-hybridized carbons (Fsp3) is 0.182. The van der Waals surface area contributed by atoms with Crippen molar-refractivity contribution < 1.29 is 4.79 Å². The molecule has 14 heavy (non-hydrogen) atoms. The van der Waals surface area contributed by atoms with Gasteiger partial charge in [0.1, 0.15) is 6.29 Å². The van der Waals surface area contributed by atoms with Gasteiger partial charge < -0.3 is 0 Å². The molecule has 0 atom stereocenters. The molecule has 0 amide bonds. The number of carbonyl (C=O) groups is 1. The van der Waals surface area contributed by atoms with Gasteiger partial charge in [-0.25, -0.2) is 0 Å². The van der Waals surface area contributed by atoms with Crippen LogP contribution in [-0.4, -0.2) is 12.2 Å². The molecule has 0 aromatic heterocycles. The Kier molecular flexibility index (Phi) is 4.71. The molecule has 1 aromatic carbocycles. The molecule has 1 aromatic rings. The van der Waals surface area contributed by atoms with E-state index in [-0.39, 0.29) is 0 Å². The quantitative estimate of drug-likeness (QED) is 0.439. The van der Waals surface area contributed by atoms with Crippen LogP contribution in [0, 0.1) is 0 Å². The van der Waals surface area contributed by atoms with Crippen LogP contribution < -0.4 is 0 Å². The maximum atomic E-state index is 10.7. The van der Waals surface area contributed by atoms with E-state index in [9.17, 15) is 4.79 Å². The second-order valence-corrected chi connectivity index (χ2v) is 3.52. The van der Waals surface area contributed by atoms with Crippen LogP contribution in [0.3, 0.4) is 0 Å². The van der Waals surface area contributed by atoms with Gasteiger partial charge in [-0.3, -0.25) is 4.79 Å². The van der Waals surface area contributed by atoms with Crippen molar-refractivity contribution in [2.75, 3.05) is 5.88 Å². The molecule has 0 saturated carbocycles. The second-order valence-electron chi connectivity index (χ2n) is 2.76. The Hall–Kier alpha value is -0.790. The first-order chi connectivity index (χ1) is 6.79. The zero-order valence-corrected chi connectivity index (χ0v) is 9.05. The normalized spacial score (nSPS) is 12.1. The highest BCUT2D eigenvalue weighted by Crippen LogP contribution is 2.23. The molecular weight excluding hydrogens is 219 g/mol. The first kappa shape index (κ1) is 11.3. The predicted octanol–water partition coefficient (Wildman–Crippen LogP) is 3.46. The first-order valence-corrected chi connectivity index (χ1v) is 5.16. The van der Waals surface area contributed by atoms with Crippen molar-refractivity contribution in [3.63, 3.8) is 0 Å². The molecular formula is C11H10Cl2O.